The van der Waals surface area contributed by atoms with Crippen LogP contribution in [0.3, 0.4) is 0 Å². The average molecular weight is 254 g/mol. The van der Waals surface area contributed by atoms with E-state index in [0.717, 1.165) is 17.8 Å². The molecule has 17 heavy (non-hydrogen) atoms. The highest BCUT2D eigenvalue weighted by Gasteiger charge is 2.18. The first-order valence-electron chi connectivity index (χ1n) is 4.57. The third kappa shape index (κ3) is 2.44. The van der Waals surface area contributed by atoms with E-state index >= 15 is 0 Å². The fourth-order valence-electron chi connectivity index (χ4n) is 1.21. The number of aromatic carboxylic acids is 1. The van der Waals surface area contributed by atoms with Crippen LogP contribution >= 0.6 is 11.8 Å². The Morgan fingerprint density at radius 1 is 1.47 bits per heavy atom. The normalized spacial score (nSPS) is 10.5. The maximum Gasteiger partial charge on any atom is 0.339 e. The number of halogens is 1. The highest BCUT2D eigenvalue weighted by molar-refractivity contribution is 7.99. The molecule has 7 heteroatoms. The molecular weight excluding hydrogens is 247 g/mol. The van der Waals surface area contributed by atoms with Crippen LogP contribution in [-0.4, -0.2) is 21.3 Å². The van der Waals surface area contributed by atoms with E-state index in [1.54, 1.807) is 6.92 Å². The van der Waals surface area contributed by atoms with Gasteiger partial charge in [-0.2, -0.15) is 0 Å². The van der Waals surface area contributed by atoms with Crippen LogP contribution in [0.5, 0.6) is 0 Å². The summed E-state index contributed by atoms with van der Waals surface area (Å²) in [6.07, 6.45) is 0. The molecule has 0 aliphatic rings. The van der Waals surface area contributed by atoms with Crippen molar-refractivity contribution < 1.29 is 18.7 Å². The van der Waals surface area contributed by atoms with Gasteiger partial charge in [-0.25, -0.2) is 9.18 Å². The summed E-state index contributed by atoms with van der Waals surface area (Å²) in [5.41, 5.74) is -0.395. The molecule has 1 aromatic heterocycles. The van der Waals surface area contributed by atoms with Crippen molar-refractivity contribution in [1.82, 2.24) is 10.2 Å². The maximum atomic E-state index is 13.3. The third-order valence-electron chi connectivity index (χ3n) is 1.89. The van der Waals surface area contributed by atoms with Crippen LogP contribution in [0.2, 0.25) is 0 Å². The van der Waals surface area contributed by atoms with Crippen molar-refractivity contribution in [2.45, 2.75) is 17.0 Å². The molecule has 0 spiro atoms. The van der Waals surface area contributed by atoms with Crippen molar-refractivity contribution in [3.8, 4) is 0 Å². The number of nitrogens with zero attached hydrogens (tertiary/aromatic N) is 2. The molecule has 0 unspecified atom stereocenters. The van der Waals surface area contributed by atoms with Crippen molar-refractivity contribution in [2.75, 3.05) is 0 Å². The standard InChI is InChI=1S/C10H7FN2O3S/c1-5-12-13-10(16-5)17-7-4-2-3-6(11)8(7)9(14)15/h2-4H,1H3,(H,14,15). The number of hydrogen-bond acceptors (Lipinski definition) is 5. The van der Waals surface area contributed by atoms with E-state index in [-0.39, 0.29) is 10.1 Å². The van der Waals surface area contributed by atoms with Gasteiger partial charge in [0.05, 0.1) is 0 Å². The van der Waals surface area contributed by atoms with Gasteiger partial charge in [0.1, 0.15) is 11.4 Å². The summed E-state index contributed by atoms with van der Waals surface area (Å²) in [7, 11) is 0. The quantitative estimate of drug-likeness (QED) is 0.906. The van der Waals surface area contributed by atoms with Crippen molar-refractivity contribution in [1.29, 1.82) is 0 Å². The molecule has 2 rings (SSSR count). The summed E-state index contributed by atoms with van der Waals surface area (Å²) in [6, 6.07) is 4.00. The second-order valence-electron chi connectivity index (χ2n) is 3.11. The molecule has 2 aromatic rings. The summed E-state index contributed by atoms with van der Waals surface area (Å²) < 4.78 is 18.4. The molecule has 0 saturated carbocycles. The Morgan fingerprint density at radius 3 is 2.82 bits per heavy atom. The molecule has 0 aliphatic heterocycles. The lowest BCUT2D eigenvalue weighted by atomic mass is 10.2. The number of aryl methyl sites for hydroxylation is 1. The predicted molar refractivity (Wildman–Crippen MR) is 56.5 cm³/mol. The molecule has 0 atom stereocenters. The second kappa shape index (κ2) is 4.54. The predicted octanol–water partition coefficient (Wildman–Crippen LogP) is 2.37. The number of rotatable bonds is 3. The summed E-state index contributed by atoms with van der Waals surface area (Å²) in [5.74, 6) is -1.76. The topological polar surface area (TPSA) is 76.2 Å². The first-order chi connectivity index (χ1) is 8.08. The first-order valence-corrected chi connectivity index (χ1v) is 5.39. The molecule has 0 fully saturated rings. The average Bonchev–Trinajstić information content (AvgIpc) is 2.63. The summed E-state index contributed by atoms with van der Waals surface area (Å²) in [4.78, 5) is 11.1. The van der Waals surface area contributed by atoms with Gasteiger partial charge in [-0.15, -0.1) is 10.2 Å². The van der Waals surface area contributed by atoms with Gasteiger partial charge in [0.2, 0.25) is 5.89 Å². The van der Waals surface area contributed by atoms with Gasteiger partial charge in [0.15, 0.2) is 0 Å². The number of carbonyl (C=O) groups is 1. The van der Waals surface area contributed by atoms with Crippen LogP contribution in [0.1, 0.15) is 16.2 Å². The van der Waals surface area contributed by atoms with Crippen LogP contribution < -0.4 is 0 Å². The van der Waals surface area contributed by atoms with Crippen LogP contribution in [0.25, 0.3) is 0 Å². The highest BCUT2D eigenvalue weighted by Crippen LogP contribution is 2.30. The van der Waals surface area contributed by atoms with Gasteiger partial charge in [-0.3, -0.25) is 0 Å². The SMILES string of the molecule is Cc1nnc(Sc2cccc(F)c2C(=O)O)o1. The molecule has 1 N–H and O–H groups in total. The molecule has 0 amide bonds. The van der Waals surface area contributed by atoms with E-state index in [1.165, 1.54) is 12.1 Å². The van der Waals surface area contributed by atoms with Crippen molar-refractivity contribution >= 4 is 17.7 Å². The molecule has 0 bridgehead atoms. The minimum atomic E-state index is -1.33. The van der Waals surface area contributed by atoms with Crippen molar-refractivity contribution in [3.05, 3.63) is 35.5 Å². The molecule has 1 aromatic carbocycles. The summed E-state index contributed by atoms with van der Waals surface area (Å²) in [5, 5.41) is 16.4. The van der Waals surface area contributed by atoms with Gasteiger partial charge in [0.25, 0.3) is 5.22 Å². The van der Waals surface area contributed by atoms with Gasteiger partial charge in [0, 0.05) is 11.8 Å². The molecule has 0 aliphatic carbocycles. The fourth-order valence-corrected chi connectivity index (χ4v) is 2.08. The number of hydrogen-bond donors (Lipinski definition) is 1. The van der Waals surface area contributed by atoms with Gasteiger partial charge < -0.3 is 9.52 Å². The number of carboxylic acids is 1. The van der Waals surface area contributed by atoms with Gasteiger partial charge >= 0.3 is 5.97 Å². The van der Waals surface area contributed by atoms with Crippen LogP contribution in [0.4, 0.5) is 4.39 Å². The lowest BCUT2D eigenvalue weighted by Gasteiger charge is -2.03. The minimum Gasteiger partial charge on any atom is -0.478 e. The highest BCUT2D eigenvalue weighted by atomic mass is 32.2. The molecule has 0 radical (unpaired) electrons. The molecule has 88 valence electrons. The zero-order valence-corrected chi connectivity index (χ0v) is 9.49. The summed E-state index contributed by atoms with van der Waals surface area (Å²) in [6.45, 7) is 1.61. The van der Waals surface area contributed by atoms with Gasteiger partial charge in [-0.1, -0.05) is 6.07 Å². The Kier molecular flexibility index (Phi) is 3.10. The Morgan fingerprint density at radius 2 is 2.24 bits per heavy atom. The molecular formula is C10H7FN2O3S. The molecule has 5 nitrogen and oxygen atoms in total. The Labute approximate surface area is 99.7 Å². The number of benzene rings is 1. The first kappa shape index (κ1) is 11.6. The molecule has 0 saturated heterocycles. The smallest absolute Gasteiger partial charge is 0.339 e. The second-order valence-corrected chi connectivity index (χ2v) is 4.10. The van der Waals surface area contributed by atoms with Crippen molar-refractivity contribution in [2.24, 2.45) is 0 Å². The number of carboxylic acid groups (broad SMARTS) is 1. The molecule has 1 heterocycles. The summed E-state index contributed by atoms with van der Waals surface area (Å²) >= 11 is 0.916. The van der Waals surface area contributed by atoms with Gasteiger partial charge in [-0.05, 0) is 23.9 Å². The Hall–Kier alpha value is -1.89. The van der Waals surface area contributed by atoms with E-state index in [1.807, 2.05) is 0 Å². The van der Waals surface area contributed by atoms with E-state index in [2.05, 4.69) is 10.2 Å². The largest absolute Gasteiger partial charge is 0.478 e. The van der Waals surface area contributed by atoms with E-state index in [4.69, 9.17) is 9.52 Å². The van der Waals surface area contributed by atoms with Crippen LogP contribution in [-0.2, 0) is 0 Å². The zero-order chi connectivity index (χ0) is 12.4. The van der Waals surface area contributed by atoms with E-state index in [9.17, 15) is 9.18 Å². The lowest BCUT2D eigenvalue weighted by molar-refractivity contribution is 0.0688. The lowest BCUT2D eigenvalue weighted by Crippen LogP contribution is -2.02. The third-order valence-corrected chi connectivity index (χ3v) is 2.79. The van der Waals surface area contributed by atoms with Crippen LogP contribution in [0.15, 0.2) is 32.7 Å². The zero-order valence-electron chi connectivity index (χ0n) is 8.68. The number of aromatic nitrogens is 2. The monoisotopic (exact) mass is 254 g/mol. The Bertz CT molecular complexity index is 570. The van der Waals surface area contributed by atoms with Crippen LogP contribution in [0, 0.1) is 12.7 Å². The fraction of sp³-hybridized carbons (Fsp3) is 0.100. The van der Waals surface area contributed by atoms with E-state index in [0.29, 0.717) is 5.89 Å². The van der Waals surface area contributed by atoms with E-state index < -0.39 is 17.3 Å². The maximum absolute atomic E-state index is 13.3. The Balaban J connectivity index is 2.39. The van der Waals surface area contributed by atoms with Crippen molar-refractivity contribution in [3.63, 3.8) is 0 Å². The minimum absolute atomic E-state index is 0.176.